The molecule has 0 aromatic heterocycles. The summed E-state index contributed by atoms with van der Waals surface area (Å²) < 4.78 is 6.12. The minimum Gasteiger partial charge on any atom is -0.489 e. The molecule has 2 rings (SSSR count). The number of hydrogen-bond donors (Lipinski definition) is 1. The average molecular weight is 304 g/mol. The van der Waals surface area contributed by atoms with Crippen LogP contribution in [-0.2, 0) is 6.54 Å². The monoisotopic (exact) mass is 304 g/mol. The van der Waals surface area contributed by atoms with E-state index in [0.717, 1.165) is 25.4 Å². The zero-order chi connectivity index (χ0) is 15.9. The molecule has 0 bridgehead atoms. The molecule has 0 unspecified atom stereocenters. The van der Waals surface area contributed by atoms with Crippen LogP contribution in [0.3, 0.4) is 0 Å². The lowest BCUT2D eigenvalue weighted by molar-refractivity contribution is 0.242. The lowest BCUT2D eigenvalue weighted by Crippen LogP contribution is -2.25. The Morgan fingerprint density at radius 2 is 1.73 bits per heavy atom. The molecular formula is C19H32N2O. The van der Waals surface area contributed by atoms with Crippen LogP contribution in [0.1, 0.15) is 58.9 Å². The van der Waals surface area contributed by atoms with E-state index >= 15 is 0 Å². The fraction of sp³-hybridized carbons (Fsp3) is 0.684. The maximum Gasteiger partial charge on any atom is 0.143 e. The van der Waals surface area contributed by atoms with Gasteiger partial charge >= 0.3 is 0 Å². The first-order chi connectivity index (χ1) is 10.6. The van der Waals surface area contributed by atoms with Crippen molar-refractivity contribution in [2.45, 2.75) is 72.1 Å². The van der Waals surface area contributed by atoms with Crippen molar-refractivity contribution in [3.05, 3.63) is 23.8 Å². The van der Waals surface area contributed by atoms with Gasteiger partial charge < -0.3 is 15.0 Å². The number of benzene rings is 1. The molecule has 1 saturated heterocycles. The second kappa shape index (κ2) is 8.42. The van der Waals surface area contributed by atoms with E-state index in [1.165, 1.54) is 36.9 Å². The van der Waals surface area contributed by atoms with E-state index in [2.05, 4.69) is 56.1 Å². The molecule has 0 spiro atoms. The van der Waals surface area contributed by atoms with E-state index in [1.807, 2.05) is 0 Å². The van der Waals surface area contributed by atoms with Crippen molar-refractivity contribution in [3.8, 4) is 5.75 Å². The smallest absolute Gasteiger partial charge is 0.143 e. The van der Waals surface area contributed by atoms with Gasteiger partial charge in [-0.15, -0.1) is 0 Å². The highest BCUT2D eigenvalue weighted by Gasteiger charge is 2.16. The Kier molecular flexibility index (Phi) is 6.56. The van der Waals surface area contributed by atoms with Crippen molar-refractivity contribution in [2.24, 2.45) is 0 Å². The molecular weight excluding hydrogens is 272 g/mol. The highest BCUT2D eigenvalue weighted by Crippen LogP contribution is 2.32. The topological polar surface area (TPSA) is 24.5 Å². The fourth-order valence-corrected chi connectivity index (χ4v) is 2.91. The van der Waals surface area contributed by atoms with Gasteiger partial charge in [-0.1, -0.05) is 32.8 Å². The van der Waals surface area contributed by atoms with Crippen LogP contribution in [-0.4, -0.2) is 25.2 Å². The minimum atomic E-state index is 0.207. The van der Waals surface area contributed by atoms with Gasteiger partial charge in [-0.3, -0.25) is 0 Å². The first-order valence-corrected chi connectivity index (χ1v) is 8.84. The predicted octanol–water partition coefficient (Wildman–Crippen LogP) is 4.35. The molecule has 3 heteroatoms. The van der Waals surface area contributed by atoms with Gasteiger partial charge in [0, 0.05) is 25.7 Å². The van der Waals surface area contributed by atoms with Crippen LogP contribution in [0.15, 0.2) is 18.2 Å². The highest BCUT2D eigenvalue weighted by atomic mass is 16.5. The van der Waals surface area contributed by atoms with Gasteiger partial charge in [-0.05, 0) is 44.4 Å². The van der Waals surface area contributed by atoms with E-state index in [1.54, 1.807) is 0 Å². The van der Waals surface area contributed by atoms with Gasteiger partial charge in [0.1, 0.15) is 5.75 Å². The number of ether oxygens (including phenoxy) is 1. The zero-order valence-electron chi connectivity index (χ0n) is 14.7. The lowest BCUT2D eigenvalue weighted by Gasteiger charge is -2.26. The van der Waals surface area contributed by atoms with E-state index in [0.29, 0.717) is 6.04 Å². The summed E-state index contributed by atoms with van der Waals surface area (Å²) in [5.41, 5.74) is 2.56. The third kappa shape index (κ3) is 5.20. The molecule has 1 fully saturated rings. The quantitative estimate of drug-likeness (QED) is 0.845. The van der Waals surface area contributed by atoms with Crippen LogP contribution < -0.4 is 15.0 Å². The van der Waals surface area contributed by atoms with E-state index < -0.39 is 0 Å². The molecule has 0 radical (unpaired) electrons. The van der Waals surface area contributed by atoms with Crippen molar-refractivity contribution < 1.29 is 4.74 Å². The van der Waals surface area contributed by atoms with Crippen molar-refractivity contribution >= 4 is 5.69 Å². The summed E-state index contributed by atoms with van der Waals surface area (Å²) >= 11 is 0. The summed E-state index contributed by atoms with van der Waals surface area (Å²) in [5, 5.41) is 3.48. The molecule has 0 atom stereocenters. The number of hydrogen-bond acceptors (Lipinski definition) is 3. The maximum atomic E-state index is 6.12. The average Bonchev–Trinajstić information content (AvgIpc) is 2.73. The lowest BCUT2D eigenvalue weighted by atomic mass is 10.1. The van der Waals surface area contributed by atoms with Gasteiger partial charge in [-0.2, -0.15) is 0 Å². The molecule has 124 valence electrons. The van der Waals surface area contributed by atoms with Crippen molar-refractivity contribution in [2.75, 3.05) is 18.0 Å². The molecule has 3 nitrogen and oxygen atoms in total. The van der Waals surface area contributed by atoms with Gasteiger partial charge in [0.2, 0.25) is 0 Å². The first kappa shape index (κ1) is 17.1. The van der Waals surface area contributed by atoms with Crippen molar-refractivity contribution in [1.82, 2.24) is 5.32 Å². The standard InChI is InChI=1S/C19H32N2O/c1-15(2)20-14-17-9-10-18(19(13-17)22-16(3)4)21-11-7-5-6-8-12-21/h9-10,13,15-16,20H,5-8,11-12,14H2,1-4H3. The summed E-state index contributed by atoms with van der Waals surface area (Å²) in [6.07, 6.45) is 5.50. The maximum absolute atomic E-state index is 6.12. The molecule has 22 heavy (non-hydrogen) atoms. The number of nitrogens with zero attached hydrogens (tertiary/aromatic N) is 1. The van der Waals surface area contributed by atoms with E-state index in [4.69, 9.17) is 4.74 Å². The van der Waals surface area contributed by atoms with Crippen LogP contribution in [0.4, 0.5) is 5.69 Å². The number of nitrogens with one attached hydrogen (secondary N) is 1. The van der Waals surface area contributed by atoms with E-state index in [9.17, 15) is 0 Å². The third-order valence-corrected chi connectivity index (χ3v) is 4.05. The minimum absolute atomic E-state index is 0.207. The van der Waals surface area contributed by atoms with Gasteiger partial charge in [-0.25, -0.2) is 0 Å². The van der Waals surface area contributed by atoms with Crippen LogP contribution in [0, 0.1) is 0 Å². The summed E-state index contributed by atoms with van der Waals surface area (Å²) in [6, 6.07) is 7.21. The van der Waals surface area contributed by atoms with Crippen molar-refractivity contribution in [3.63, 3.8) is 0 Å². The zero-order valence-corrected chi connectivity index (χ0v) is 14.7. The molecule has 1 aliphatic heterocycles. The summed E-state index contributed by atoms with van der Waals surface area (Å²) in [6.45, 7) is 11.8. The van der Waals surface area contributed by atoms with Crippen molar-refractivity contribution in [1.29, 1.82) is 0 Å². The summed E-state index contributed by atoms with van der Waals surface area (Å²) in [5.74, 6) is 1.04. The molecule has 1 aromatic carbocycles. The molecule has 0 saturated carbocycles. The molecule has 1 heterocycles. The molecule has 1 N–H and O–H groups in total. The summed E-state index contributed by atoms with van der Waals surface area (Å²) in [7, 11) is 0. The van der Waals surface area contributed by atoms with Crippen LogP contribution in [0.5, 0.6) is 5.75 Å². The van der Waals surface area contributed by atoms with E-state index in [-0.39, 0.29) is 6.10 Å². The SMILES string of the molecule is CC(C)NCc1ccc(N2CCCCCC2)c(OC(C)C)c1. The molecule has 1 aromatic rings. The third-order valence-electron chi connectivity index (χ3n) is 4.05. The Labute approximate surface area is 136 Å². The number of anilines is 1. The second-order valence-corrected chi connectivity index (χ2v) is 6.91. The van der Waals surface area contributed by atoms with Crippen LogP contribution >= 0.6 is 0 Å². The predicted molar refractivity (Wildman–Crippen MR) is 94.9 cm³/mol. The second-order valence-electron chi connectivity index (χ2n) is 6.91. The van der Waals surface area contributed by atoms with Gasteiger partial charge in [0.25, 0.3) is 0 Å². The largest absolute Gasteiger partial charge is 0.489 e. The van der Waals surface area contributed by atoms with Gasteiger partial charge in [0.15, 0.2) is 0 Å². The Morgan fingerprint density at radius 3 is 2.32 bits per heavy atom. The summed E-state index contributed by atoms with van der Waals surface area (Å²) in [4.78, 5) is 2.50. The molecule has 1 aliphatic rings. The normalized spacial score (nSPS) is 16.2. The Balaban J connectivity index is 2.19. The Morgan fingerprint density at radius 1 is 1.05 bits per heavy atom. The Bertz CT molecular complexity index is 449. The highest BCUT2D eigenvalue weighted by molar-refractivity contribution is 5.60. The first-order valence-electron chi connectivity index (χ1n) is 8.84. The van der Waals surface area contributed by atoms with Gasteiger partial charge in [0.05, 0.1) is 11.8 Å². The van der Waals surface area contributed by atoms with Crippen LogP contribution in [0.25, 0.3) is 0 Å². The Hall–Kier alpha value is -1.22. The molecule has 0 aliphatic carbocycles. The van der Waals surface area contributed by atoms with Crippen LogP contribution in [0.2, 0.25) is 0 Å². The molecule has 0 amide bonds. The number of rotatable bonds is 6. The fourth-order valence-electron chi connectivity index (χ4n) is 2.91.